The Morgan fingerprint density at radius 3 is 1.51 bits per heavy atom. The van der Waals surface area contributed by atoms with E-state index >= 15 is 0 Å². The van der Waals surface area contributed by atoms with Gasteiger partial charge in [-0.25, -0.2) is 0 Å². The van der Waals surface area contributed by atoms with Crippen molar-refractivity contribution in [1.82, 2.24) is 0 Å². The second kappa shape index (κ2) is 29.1. The average Bonchev–Trinajstić information content (AvgIpc) is 3.72. The molecule has 3 nitrogen and oxygen atoms in total. The summed E-state index contributed by atoms with van der Waals surface area (Å²) >= 11 is 5.74. The van der Waals surface area contributed by atoms with Crippen molar-refractivity contribution in [2.75, 3.05) is 19.4 Å². The summed E-state index contributed by atoms with van der Waals surface area (Å²) in [5, 5.41) is 0. The molecule has 8 heteroatoms. The van der Waals surface area contributed by atoms with Gasteiger partial charge in [0.25, 0.3) is 0 Å². The molecule has 0 aliphatic carbocycles. The first kappa shape index (κ1) is 48.0. The van der Waals surface area contributed by atoms with Crippen molar-refractivity contribution in [2.24, 2.45) is 0 Å². The molecule has 0 aliphatic rings. The molecule has 296 valence electrons. The summed E-state index contributed by atoms with van der Waals surface area (Å²) in [6.07, 6.45) is 30.7. The molecule has 2 aromatic heterocycles. The Labute approximate surface area is 337 Å². The molecule has 2 aromatic rings. The molecular formula is C43H78BrO3PS2Sn. The van der Waals surface area contributed by atoms with Crippen molar-refractivity contribution in [3.8, 4) is 9.75 Å². The van der Waals surface area contributed by atoms with Gasteiger partial charge in [-0.3, -0.25) is 0 Å². The first-order chi connectivity index (χ1) is 24.8. The van der Waals surface area contributed by atoms with E-state index in [1.165, 1.54) is 162 Å². The van der Waals surface area contributed by atoms with Crippen LogP contribution in [-0.2, 0) is 26.5 Å². The van der Waals surface area contributed by atoms with Crippen LogP contribution in [0.25, 0.3) is 9.75 Å². The Balaban J connectivity index is 2.17. The van der Waals surface area contributed by atoms with Gasteiger partial charge in [-0.05, 0) is 13.8 Å². The van der Waals surface area contributed by atoms with Crippen molar-refractivity contribution in [3.05, 3.63) is 27.0 Å². The van der Waals surface area contributed by atoms with E-state index in [2.05, 4.69) is 67.1 Å². The molecule has 0 bridgehead atoms. The van der Waals surface area contributed by atoms with E-state index in [0.29, 0.717) is 19.4 Å². The third kappa shape index (κ3) is 18.5. The molecule has 0 spiro atoms. The molecule has 2 rings (SSSR count). The molecule has 51 heavy (non-hydrogen) atoms. The van der Waals surface area contributed by atoms with Gasteiger partial charge in [0.1, 0.15) is 0 Å². The van der Waals surface area contributed by atoms with Crippen molar-refractivity contribution in [3.63, 3.8) is 0 Å². The van der Waals surface area contributed by atoms with Crippen LogP contribution in [0.2, 0.25) is 13.3 Å². The van der Waals surface area contributed by atoms with E-state index in [1.807, 2.05) is 28.1 Å². The Morgan fingerprint density at radius 1 is 0.569 bits per heavy atom. The standard InChI is InChI=1S/C31H51BrO3PS2.3C4H9.Sn/c1-4-7-8-9-10-11-12-13-15-19-22-28-26-29(38-31(28)32)30-27(23-25-37-30)21-18-16-14-17-20-24-36(33,34-5-2)35-6-3;3*1-3-4-2;/h23,26H,4-22,24H2,1-3H3;3*1,3-4H2,2H3;. The number of aryl methyl sites for hydroxylation is 2. The van der Waals surface area contributed by atoms with Crippen LogP contribution in [0.1, 0.15) is 188 Å². The quantitative estimate of drug-likeness (QED) is 0.0398. The van der Waals surface area contributed by atoms with Crippen LogP contribution in [0.4, 0.5) is 0 Å². The van der Waals surface area contributed by atoms with Crippen LogP contribution in [0.5, 0.6) is 0 Å². The first-order valence-electron chi connectivity index (χ1n) is 21.6. The van der Waals surface area contributed by atoms with E-state index < -0.39 is 26.0 Å². The summed E-state index contributed by atoms with van der Waals surface area (Å²) in [6, 6.07) is 5.34. The molecule has 0 saturated heterocycles. The van der Waals surface area contributed by atoms with Crippen LogP contribution >= 0.6 is 46.2 Å². The van der Waals surface area contributed by atoms with Gasteiger partial charge in [0.15, 0.2) is 0 Å². The van der Waals surface area contributed by atoms with Crippen LogP contribution in [-0.4, -0.2) is 37.8 Å². The maximum absolute atomic E-state index is 12.9. The van der Waals surface area contributed by atoms with Crippen LogP contribution in [0, 0.1) is 0 Å². The zero-order chi connectivity index (χ0) is 37.2. The molecule has 0 amide bonds. The average molecular weight is 937 g/mol. The molecular weight excluding hydrogens is 858 g/mol. The number of rotatable bonds is 34. The van der Waals surface area contributed by atoms with E-state index in [4.69, 9.17) is 9.05 Å². The predicted molar refractivity (Wildman–Crippen MR) is 238 cm³/mol. The SMILES string of the molecule is CCCCCCCCCCCCc1cc(-c2s[c]([Sn]([CH2]CCC)([CH2]CCC)[CH2]CCC)cc2CCCCCCCP(=O)(OCC)OCC)sc1Br. The topological polar surface area (TPSA) is 35.5 Å². The molecule has 2 heterocycles. The summed E-state index contributed by atoms with van der Waals surface area (Å²) in [5.41, 5.74) is 3.17. The van der Waals surface area contributed by atoms with Crippen LogP contribution in [0.3, 0.4) is 0 Å². The molecule has 0 unspecified atom stereocenters. The molecule has 0 saturated carbocycles. The second-order valence-corrected chi connectivity index (χ2v) is 34.9. The zero-order valence-corrected chi connectivity index (χ0v) is 41.0. The van der Waals surface area contributed by atoms with Crippen molar-refractivity contribution in [1.29, 1.82) is 0 Å². The van der Waals surface area contributed by atoms with Gasteiger partial charge in [-0.1, -0.05) is 39.0 Å². The normalized spacial score (nSPS) is 12.4. The second-order valence-electron chi connectivity index (χ2n) is 15.1. The van der Waals surface area contributed by atoms with E-state index in [9.17, 15) is 4.57 Å². The third-order valence-electron chi connectivity index (χ3n) is 10.7. The molecule has 0 aromatic carbocycles. The zero-order valence-electron chi connectivity index (χ0n) is 34.0. The molecule has 0 N–H and O–H groups in total. The third-order valence-corrected chi connectivity index (χ3v) is 34.4. The van der Waals surface area contributed by atoms with Gasteiger partial charge in [0, 0.05) is 0 Å². The van der Waals surface area contributed by atoms with Crippen molar-refractivity contribution < 1.29 is 13.6 Å². The molecule has 0 atom stereocenters. The van der Waals surface area contributed by atoms with Gasteiger partial charge in [0.05, 0.1) is 13.2 Å². The number of thiophene rings is 2. The summed E-state index contributed by atoms with van der Waals surface area (Å²) in [6.45, 7) is 14.2. The molecule has 0 aliphatic heterocycles. The van der Waals surface area contributed by atoms with E-state index in [0.717, 1.165) is 12.8 Å². The number of unbranched alkanes of at least 4 members (excludes halogenated alkanes) is 16. The van der Waals surface area contributed by atoms with Gasteiger partial charge in [-0.15, -0.1) is 0 Å². The molecule has 0 fully saturated rings. The molecule has 0 radical (unpaired) electrons. The summed E-state index contributed by atoms with van der Waals surface area (Å²) in [5.74, 6) is 0. The van der Waals surface area contributed by atoms with E-state index in [-0.39, 0.29) is 0 Å². The summed E-state index contributed by atoms with van der Waals surface area (Å²) in [7, 11) is -2.92. The fourth-order valence-electron chi connectivity index (χ4n) is 7.58. The number of hydrogen-bond donors (Lipinski definition) is 0. The Morgan fingerprint density at radius 2 is 1.02 bits per heavy atom. The van der Waals surface area contributed by atoms with Gasteiger partial charge < -0.3 is 0 Å². The Bertz CT molecular complexity index is 1170. The minimum absolute atomic E-state index is 0.449. The van der Waals surface area contributed by atoms with Crippen molar-refractivity contribution in [2.45, 2.75) is 203 Å². The maximum atomic E-state index is 12.9. The Hall–Kier alpha value is 0.829. The minimum atomic E-state index is -2.92. The van der Waals surface area contributed by atoms with Crippen LogP contribution in [0.15, 0.2) is 15.9 Å². The van der Waals surface area contributed by atoms with E-state index in [1.54, 1.807) is 10.4 Å². The first-order valence-corrected chi connectivity index (χ1v) is 33.2. The van der Waals surface area contributed by atoms with Gasteiger partial charge in [-0.2, -0.15) is 0 Å². The number of hydrogen-bond acceptors (Lipinski definition) is 5. The predicted octanol–water partition coefficient (Wildman–Crippen LogP) is 16.5. The van der Waals surface area contributed by atoms with Gasteiger partial charge in [0.2, 0.25) is 0 Å². The Kier molecular flexibility index (Phi) is 27.4. The fourth-order valence-corrected chi connectivity index (χ4v) is 31.6. The van der Waals surface area contributed by atoms with Crippen molar-refractivity contribution >= 4 is 67.5 Å². The summed E-state index contributed by atoms with van der Waals surface area (Å²) in [4.78, 5) is 3.12. The monoisotopic (exact) mass is 936 g/mol. The fraction of sp³-hybridized carbons (Fsp3) is 0.814. The number of halogens is 1. The van der Waals surface area contributed by atoms with Gasteiger partial charge >= 0.3 is 274 Å². The summed E-state index contributed by atoms with van der Waals surface area (Å²) < 4.78 is 31.8. The van der Waals surface area contributed by atoms with Crippen LogP contribution < -0.4 is 2.89 Å².